The Hall–Kier alpha value is -2.30. The highest BCUT2D eigenvalue weighted by atomic mass is 16.2. The number of nitrogens with one attached hydrogen (secondary N) is 3. The average Bonchev–Trinajstić information content (AvgIpc) is 3.09. The first-order valence-electron chi connectivity index (χ1n) is 8.14. The maximum Gasteiger partial charge on any atom is 0.225 e. The van der Waals surface area contributed by atoms with Crippen molar-refractivity contribution in [2.45, 2.75) is 40.2 Å². The van der Waals surface area contributed by atoms with Gasteiger partial charge >= 0.3 is 0 Å². The van der Waals surface area contributed by atoms with E-state index in [1.54, 1.807) is 0 Å². The molecule has 3 rings (SSSR count). The summed E-state index contributed by atoms with van der Waals surface area (Å²) >= 11 is 0. The summed E-state index contributed by atoms with van der Waals surface area (Å²) in [7, 11) is 0. The third-order valence-electron chi connectivity index (χ3n) is 4.65. The fourth-order valence-electron chi connectivity index (χ4n) is 3.32. The smallest absolute Gasteiger partial charge is 0.225 e. The second kappa shape index (κ2) is 6.07. The van der Waals surface area contributed by atoms with Crippen LogP contribution < -0.4 is 10.6 Å². The molecule has 1 aliphatic heterocycles. The minimum atomic E-state index is -0.251. The van der Waals surface area contributed by atoms with Crippen molar-refractivity contribution < 1.29 is 9.59 Å². The van der Waals surface area contributed by atoms with Crippen molar-refractivity contribution in [1.82, 2.24) is 15.6 Å². The van der Waals surface area contributed by atoms with E-state index in [4.69, 9.17) is 0 Å². The van der Waals surface area contributed by atoms with E-state index in [1.165, 1.54) is 22.2 Å². The normalized spacial score (nSPS) is 17.5. The van der Waals surface area contributed by atoms with Gasteiger partial charge in [-0.3, -0.25) is 9.59 Å². The molecule has 1 aliphatic rings. The lowest BCUT2D eigenvalue weighted by atomic mass is 10.0. The van der Waals surface area contributed by atoms with Crippen LogP contribution in [0.15, 0.2) is 12.1 Å². The third-order valence-corrected chi connectivity index (χ3v) is 4.65. The number of aryl methyl sites for hydroxylation is 3. The Morgan fingerprint density at radius 2 is 2.13 bits per heavy atom. The van der Waals surface area contributed by atoms with Gasteiger partial charge < -0.3 is 15.6 Å². The van der Waals surface area contributed by atoms with Crippen molar-refractivity contribution in [3.8, 4) is 0 Å². The molecule has 1 aromatic carbocycles. The van der Waals surface area contributed by atoms with Gasteiger partial charge in [0.25, 0.3) is 0 Å². The molecule has 1 aromatic heterocycles. The molecule has 23 heavy (non-hydrogen) atoms. The van der Waals surface area contributed by atoms with E-state index in [9.17, 15) is 9.59 Å². The number of carbonyl (C=O) groups is 2. The van der Waals surface area contributed by atoms with Crippen molar-refractivity contribution in [3.63, 3.8) is 0 Å². The first-order chi connectivity index (χ1) is 11.0. The molecule has 2 aromatic rings. The molecule has 0 saturated carbocycles. The standard InChI is InChI=1S/C18H23N3O2/c1-4-15-11(3)14-6-10(2)5-12(17(14)21-15)8-20-18(23)13-7-16(22)19-9-13/h5-6,13,21H,4,7-9H2,1-3H3,(H,19,22)(H,20,23)/t13-/m1/s1. The summed E-state index contributed by atoms with van der Waals surface area (Å²) in [6.07, 6.45) is 1.25. The number of carbonyl (C=O) groups excluding carboxylic acids is 2. The number of rotatable bonds is 4. The Balaban J connectivity index is 1.82. The van der Waals surface area contributed by atoms with Crippen LogP contribution in [0.2, 0.25) is 0 Å². The highest BCUT2D eigenvalue weighted by Gasteiger charge is 2.27. The molecule has 1 atom stereocenters. The molecule has 1 fully saturated rings. The average molecular weight is 313 g/mol. The van der Waals surface area contributed by atoms with Crippen molar-refractivity contribution in [3.05, 3.63) is 34.5 Å². The van der Waals surface area contributed by atoms with Gasteiger partial charge in [-0.05, 0) is 37.5 Å². The lowest BCUT2D eigenvalue weighted by molar-refractivity contribution is -0.126. The predicted molar refractivity (Wildman–Crippen MR) is 90.1 cm³/mol. The van der Waals surface area contributed by atoms with Gasteiger partial charge in [-0.15, -0.1) is 0 Å². The number of H-pyrrole nitrogens is 1. The quantitative estimate of drug-likeness (QED) is 0.808. The van der Waals surface area contributed by atoms with Crippen molar-refractivity contribution in [2.75, 3.05) is 6.54 Å². The number of aromatic nitrogens is 1. The number of fused-ring (bicyclic) bond motifs is 1. The molecule has 0 unspecified atom stereocenters. The molecule has 122 valence electrons. The maximum atomic E-state index is 12.2. The van der Waals surface area contributed by atoms with Crippen LogP contribution in [-0.4, -0.2) is 23.3 Å². The molecular weight excluding hydrogens is 290 g/mol. The van der Waals surface area contributed by atoms with Gasteiger partial charge in [0, 0.05) is 30.6 Å². The Kier molecular flexibility index (Phi) is 4.11. The molecule has 0 bridgehead atoms. The zero-order chi connectivity index (χ0) is 16.6. The van der Waals surface area contributed by atoms with Crippen molar-refractivity contribution >= 4 is 22.7 Å². The molecule has 2 heterocycles. The van der Waals surface area contributed by atoms with E-state index in [2.05, 4.69) is 48.5 Å². The molecule has 5 nitrogen and oxygen atoms in total. The van der Waals surface area contributed by atoms with E-state index < -0.39 is 0 Å². The van der Waals surface area contributed by atoms with Gasteiger partial charge in [0.2, 0.25) is 11.8 Å². The monoisotopic (exact) mass is 313 g/mol. The van der Waals surface area contributed by atoms with Gasteiger partial charge in [-0.2, -0.15) is 0 Å². The Labute approximate surface area is 135 Å². The van der Waals surface area contributed by atoms with E-state index in [-0.39, 0.29) is 24.2 Å². The van der Waals surface area contributed by atoms with E-state index in [1.807, 2.05) is 0 Å². The van der Waals surface area contributed by atoms with Gasteiger partial charge in [0.15, 0.2) is 0 Å². The SMILES string of the molecule is CCc1[nH]c2c(CNC(=O)[C@H]3CNC(=O)C3)cc(C)cc2c1C. The molecule has 5 heteroatoms. The summed E-state index contributed by atoms with van der Waals surface area (Å²) < 4.78 is 0. The summed E-state index contributed by atoms with van der Waals surface area (Å²) in [5, 5.41) is 6.90. The van der Waals surface area contributed by atoms with Gasteiger partial charge in [0.05, 0.1) is 11.4 Å². The zero-order valence-corrected chi connectivity index (χ0v) is 13.9. The number of aromatic amines is 1. The first-order valence-corrected chi connectivity index (χ1v) is 8.14. The highest BCUT2D eigenvalue weighted by molar-refractivity contribution is 5.90. The highest BCUT2D eigenvalue weighted by Crippen LogP contribution is 2.26. The lowest BCUT2D eigenvalue weighted by Crippen LogP contribution is -2.31. The summed E-state index contributed by atoms with van der Waals surface area (Å²) in [6.45, 7) is 7.26. The van der Waals surface area contributed by atoms with Crippen LogP contribution in [0.4, 0.5) is 0 Å². The summed E-state index contributed by atoms with van der Waals surface area (Å²) in [5.74, 6) is -0.355. The molecule has 0 aliphatic carbocycles. The molecule has 1 saturated heterocycles. The number of hydrogen-bond donors (Lipinski definition) is 3. The minimum Gasteiger partial charge on any atom is -0.358 e. The second-order valence-electron chi connectivity index (χ2n) is 6.35. The van der Waals surface area contributed by atoms with Crippen LogP contribution in [0.1, 0.15) is 35.7 Å². The lowest BCUT2D eigenvalue weighted by Gasteiger charge is -2.11. The van der Waals surface area contributed by atoms with Gasteiger partial charge in [-0.25, -0.2) is 0 Å². The van der Waals surface area contributed by atoms with Crippen molar-refractivity contribution in [1.29, 1.82) is 0 Å². The third kappa shape index (κ3) is 2.96. The van der Waals surface area contributed by atoms with Crippen LogP contribution in [0.3, 0.4) is 0 Å². The van der Waals surface area contributed by atoms with Crippen molar-refractivity contribution in [2.24, 2.45) is 5.92 Å². The first kappa shape index (κ1) is 15.6. The number of benzene rings is 1. The molecule has 3 N–H and O–H groups in total. The number of amides is 2. The maximum absolute atomic E-state index is 12.2. The van der Waals surface area contributed by atoms with Gasteiger partial charge in [0.1, 0.15) is 0 Å². The topological polar surface area (TPSA) is 74.0 Å². The summed E-state index contributed by atoms with van der Waals surface area (Å²) in [4.78, 5) is 26.9. The van der Waals surface area contributed by atoms with Gasteiger partial charge in [-0.1, -0.05) is 18.6 Å². The minimum absolute atomic E-state index is 0.0457. The molecule has 2 amide bonds. The Morgan fingerprint density at radius 1 is 1.35 bits per heavy atom. The summed E-state index contributed by atoms with van der Waals surface area (Å²) in [5.41, 5.74) is 5.90. The van der Waals surface area contributed by atoms with Crippen LogP contribution in [0, 0.1) is 19.8 Å². The second-order valence-corrected chi connectivity index (χ2v) is 6.35. The molecule has 0 radical (unpaired) electrons. The largest absolute Gasteiger partial charge is 0.358 e. The van der Waals surface area contributed by atoms with Crippen LogP contribution in [0.25, 0.3) is 10.9 Å². The Morgan fingerprint density at radius 3 is 2.78 bits per heavy atom. The summed E-state index contributed by atoms with van der Waals surface area (Å²) in [6, 6.07) is 4.29. The molecule has 0 spiro atoms. The number of hydrogen-bond acceptors (Lipinski definition) is 2. The zero-order valence-electron chi connectivity index (χ0n) is 13.9. The Bertz CT molecular complexity index is 776. The predicted octanol–water partition coefficient (Wildman–Crippen LogP) is 2.10. The van der Waals surface area contributed by atoms with E-state index >= 15 is 0 Å². The van der Waals surface area contributed by atoms with Crippen LogP contribution >= 0.6 is 0 Å². The fourth-order valence-corrected chi connectivity index (χ4v) is 3.32. The van der Waals surface area contributed by atoms with Crippen LogP contribution in [-0.2, 0) is 22.6 Å². The van der Waals surface area contributed by atoms with Crippen LogP contribution in [0.5, 0.6) is 0 Å². The van der Waals surface area contributed by atoms with E-state index in [0.717, 1.165) is 17.5 Å². The van der Waals surface area contributed by atoms with E-state index in [0.29, 0.717) is 13.1 Å². The molecular formula is C18H23N3O2. The fraction of sp³-hybridized carbons (Fsp3) is 0.444.